The van der Waals surface area contributed by atoms with Crippen molar-refractivity contribution in [2.45, 2.75) is 12.1 Å². The van der Waals surface area contributed by atoms with Gasteiger partial charge in [-0.15, -0.1) is 0 Å². The highest BCUT2D eigenvalue weighted by Crippen LogP contribution is 2.41. The van der Waals surface area contributed by atoms with Gasteiger partial charge in [0.2, 0.25) is 0 Å². The first-order chi connectivity index (χ1) is 15.9. The number of carboxylic acid groups (broad SMARTS) is 1. The van der Waals surface area contributed by atoms with Crippen LogP contribution >= 0.6 is 0 Å². The monoisotopic (exact) mass is 447 g/mol. The fourth-order valence-corrected chi connectivity index (χ4v) is 4.45. The molecule has 0 saturated heterocycles. The van der Waals surface area contributed by atoms with Crippen LogP contribution in [0.1, 0.15) is 15.9 Å². The Kier molecular flexibility index (Phi) is 4.90. The molecule has 33 heavy (non-hydrogen) atoms. The Bertz CT molecular complexity index is 1320. The lowest BCUT2D eigenvalue weighted by molar-refractivity contribution is 0.0705. The summed E-state index contributed by atoms with van der Waals surface area (Å²) in [5.41, 5.74) is 2.40. The molecule has 1 aromatic heterocycles. The Morgan fingerprint density at radius 1 is 1.12 bits per heavy atom. The number of amides is 2. The lowest BCUT2D eigenvalue weighted by Gasteiger charge is -2.27. The van der Waals surface area contributed by atoms with Crippen LogP contribution in [0.25, 0.3) is 16.5 Å². The van der Waals surface area contributed by atoms with Crippen molar-refractivity contribution in [1.82, 2.24) is 9.88 Å². The molecule has 0 spiro atoms. The van der Waals surface area contributed by atoms with E-state index < -0.39 is 24.1 Å². The van der Waals surface area contributed by atoms with Gasteiger partial charge in [-0.1, -0.05) is 12.1 Å². The minimum absolute atomic E-state index is 0.111. The number of methoxy groups -OCH3 is 2. The van der Waals surface area contributed by atoms with E-state index in [4.69, 9.17) is 9.47 Å². The molecule has 0 aliphatic carbocycles. The minimum Gasteiger partial charge on any atom is -0.493 e. The van der Waals surface area contributed by atoms with Gasteiger partial charge in [-0.2, -0.15) is 0 Å². The van der Waals surface area contributed by atoms with Gasteiger partial charge in [0.15, 0.2) is 11.5 Å². The summed E-state index contributed by atoms with van der Waals surface area (Å²) < 4.78 is 10.6. The number of nitrogens with zero attached hydrogens (tertiary/aromatic N) is 3. The van der Waals surface area contributed by atoms with Crippen LogP contribution in [0.2, 0.25) is 0 Å². The molecule has 9 heteroatoms. The van der Waals surface area contributed by atoms with Crippen LogP contribution < -0.4 is 14.4 Å². The van der Waals surface area contributed by atoms with E-state index in [9.17, 15) is 19.8 Å². The average molecular weight is 447 g/mol. The van der Waals surface area contributed by atoms with Gasteiger partial charge >= 0.3 is 6.09 Å². The molecule has 3 heterocycles. The second-order valence-corrected chi connectivity index (χ2v) is 7.84. The first-order valence-corrected chi connectivity index (χ1v) is 10.3. The molecule has 0 radical (unpaired) electrons. The predicted molar refractivity (Wildman–Crippen MR) is 121 cm³/mol. The fraction of sp³-hybridized carbons (Fsp3) is 0.208. The number of benzene rings is 2. The number of aliphatic hydroxyl groups is 1. The SMILES string of the molecule is COc1cc2c(cc1OC)N(C(=O)O)CC1C(O)C(c3ccc4ncccc4c3)=CN1C2=O. The molecule has 0 saturated carbocycles. The number of carbonyl (C=O) groups is 2. The second-order valence-electron chi connectivity index (χ2n) is 7.84. The number of carbonyl (C=O) groups excluding carboxylic acids is 1. The lowest BCUT2D eigenvalue weighted by atomic mass is 9.97. The van der Waals surface area contributed by atoms with Crippen LogP contribution in [-0.2, 0) is 0 Å². The van der Waals surface area contributed by atoms with Crippen molar-refractivity contribution >= 4 is 34.2 Å². The van der Waals surface area contributed by atoms with E-state index in [0.29, 0.717) is 17.1 Å². The highest BCUT2D eigenvalue weighted by molar-refractivity contribution is 6.07. The van der Waals surface area contributed by atoms with Crippen LogP contribution in [0.5, 0.6) is 11.5 Å². The van der Waals surface area contributed by atoms with Gasteiger partial charge < -0.3 is 24.6 Å². The third kappa shape index (κ3) is 3.25. The lowest BCUT2D eigenvalue weighted by Crippen LogP contribution is -2.46. The first kappa shape index (κ1) is 20.8. The Hall–Kier alpha value is -4.11. The summed E-state index contributed by atoms with van der Waals surface area (Å²) >= 11 is 0. The third-order valence-electron chi connectivity index (χ3n) is 6.11. The Morgan fingerprint density at radius 2 is 1.88 bits per heavy atom. The molecule has 2 atom stereocenters. The molecule has 168 valence electrons. The van der Waals surface area contributed by atoms with Gasteiger partial charge in [0.1, 0.15) is 6.10 Å². The molecular weight excluding hydrogens is 426 g/mol. The molecule has 0 bridgehead atoms. The van der Waals surface area contributed by atoms with E-state index in [1.165, 1.54) is 31.3 Å². The number of hydrogen-bond donors (Lipinski definition) is 2. The summed E-state index contributed by atoms with van der Waals surface area (Å²) in [4.78, 5) is 32.4. The molecule has 2 aliphatic heterocycles. The van der Waals surface area contributed by atoms with Crippen molar-refractivity contribution in [3.05, 3.63) is 66.0 Å². The first-order valence-electron chi connectivity index (χ1n) is 10.3. The van der Waals surface area contributed by atoms with Crippen LogP contribution in [0.15, 0.2) is 54.9 Å². The maximum absolute atomic E-state index is 13.5. The Balaban J connectivity index is 1.63. The van der Waals surface area contributed by atoms with Crippen LogP contribution in [0, 0.1) is 0 Å². The Morgan fingerprint density at radius 3 is 2.61 bits per heavy atom. The zero-order valence-electron chi connectivity index (χ0n) is 17.9. The number of fused-ring (bicyclic) bond motifs is 3. The number of pyridine rings is 1. The van der Waals surface area contributed by atoms with Gasteiger partial charge in [-0.05, 0) is 29.8 Å². The maximum Gasteiger partial charge on any atom is 0.411 e. The number of ether oxygens (including phenoxy) is 2. The highest BCUT2D eigenvalue weighted by Gasteiger charge is 2.44. The summed E-state index contributed by atoms with van der Waals surface area (Å²) in [6.07, 6.45) is 0.981. The minimum atomic E-state index is -1.24. The topological polar surface area (TPSA) is 112 Å². The maximum atomic E-state index is 13.5. The third-order valence-corrected chi connectivity index (χ3v) is 6.11. The highest BCUT2D eigenvalue weighted by atomic mass is 16.5. The van der Waals surface area contributed by atoms with Crippen molar-refractivity contribution in [3.63, 3.8) is 0 Å². The van der Waals surface area contributed by atoms with Crippen molar-refractivity contribution in [1.29, 1.82) is 0 Å². The van der Waals surface area contributed by atoms with Crippen LogP contribution in [0.4, 0.5) is 10.5 Å². The molecule has 2 aliphatic rings. The standard InChI is InChI=1S/C24H21N3O6/c1-32-20-9-15-18(10-21(20)33-2)27(24(30)31)12-19-22(28)16(11-26(19)23(15)29)13-5-6-17-14(8-13)4-3-7-25-17/h3-11,19,22,28H,12H2,1-2H3,(H,30,31). The van der Waals surface area contributed by atoms with Crippen LogP contribution in [0.3, 0.4) is 0 Å². The average Bonchev–Trinajstić information content (AvgIpc) is 3.10. The zero-order valence-corrected chi connectivity index (χ0v) is 17.9. The van der Waals surface area contributed by atoms with E-state index in [1.54, 1.807) is 12.4 Å². The van der Waals surface area contributed by atoms with E-state index in [-0.39, 0.29) is 17.8 Å². The van der Waals surface area contributed by atoms with Crippen molar-refractivity contribution in [2.75, 3.05) is 25.7 Å². The predicted octanol–water partition coefficient (Wildman–Crippen LogP) is 2.98. The number of hydrogen-bond acceptors (Lipinski definition) is 6. The molecule has 5 rings (SSSR count). The van der Waals surface area contributed by atoms with Gasteiger partial charge in [-0.25, -0.2) is 4.79 Å². The number of aliphatic hydroxyl groups excluding tert-OH is 1. The normalized spacial score (nSPS) is 19.6. The summed E-state index contributed by atoms with van der Waals surface area (Å²) in [5, 5.41) is 22.0. The summed E-state index contributed by atoms with van der Waals surface area (Å²) in [6.45, 7) is -0.111. The molecule has 2 N–H and O–H groups in total. The quantitative estimate of drug-likeness (QED) is 0.635. The van der Waals surface area contributed by atoms with Gasteiger partial charge in [0, 0.05) is 29.4 Å². The number of aromatic nitrogens is 1. The zero-order chi connectivity index (χ0) is 23.3. The smallest absolute Gasteiger partial charge is 0.411 e. The molecule has 2 amide bonds. The van der Waals surface area contributed by atoms with Crippen LogP contribution in [-0.4, -0.2) is 65.0 Å². The van der Waals surface area contributed by atoms with Crippen molar-refractivity contribution in [2.24, 2.45) is 0 Å². The van der Waals surface area contributed by atoms with Crippen molar-refractivity contribution in [3.8, 4) is 11.5 Å². The molecule has 3 aromatic rings. The molecule has 0 fully saturated rings. The number of anilines is 1. The van der Waals surface area contributed by atoms with Crippen molar-refractivity contribution < 1.29 is 29.3 Å². The van der Waals surface area contributed by atoms with E-state index >= 15 is 0 Å². The van der Waals surface area contributed by atoms with Gasteiger partial charge in [0.05, 0.1) is 43.6 Å². The van der Waals surface area contributed by atoms with Gasteiger partial charge in [0.25, 0.3) is 5.91 Å². The van der Waals surface area contributed by atoms with E-state index in [2.05, 4.69) is 4.98 Å². The van der Waals surface area contributed by atoms with E-state index in [1.807, 2.05) is 30.3 Å². The summed E-state index contributed by atoms with van der Waals surface area (Å²) in [6, 6.07) is 11.5. The Labute approximate surface area is 189 Å². The summed E-state index contributed by atoms with van der Waals surface area (Å²) in [5.74, 6) is 0.175. The van der Waals surface area contributed by atoms with Gasteiger partial charge in [-0.3, -0.25) is 14.7 Å². The second kappa shape index (κ2) is 7.79. The fourth-order valence-electron chi connectivity index (χ4n) is 4.45. The summed E-state index contributed by atoms with van der Waals surface area (Å²) in [7, 11) is 2.87. The largest absolute Gasteiger partial charge is 0.493 e. The van der Waals surface area contributed by atoms with E-state index in [0.717, 1.165) is 21.4 Å². The molecule has 2 unspecified atom stereocenters. The molecule has 9 nitrogen and oxygen atoms in total. The molecular formula is C24H21N3O6. The molecule has 2 aromatic carbocycles. The number of rotatable bonds is 3.